The molecule has 1 aromatic heterocycles. The van der Waals surface area contributed by atoms with E-state index in [-0.39, 0.29) is 11.8 Å². The van der Waals surface area contributed by atoms with Crippen LogP contribution in [0.15, 0.2) is 107 Å². The van der Waals surface area contributed by atoms with Crippen LogP contribution in [0.25, 0.3) is 5.69 Å². The Labute approximate surface area is 208 Å². The Kier molecular flexibility index (Phi) is 5.23. The molecule has 172 valence electrons. The van der Waals surface area contributed by atoms with E-state index in [9.17, 15) is 5.11 Å². The number of phenols is 1. The normalized spacial score (nSPS) is 16.7. The maximum absolute atomic E-state index is 10.7. The Bertz CT molecular complexity index is 1570. The molecular weight excluding hydrogens is 452 g/mol. The van der Waals surface area contributed by atoms with Crippen LogP contribution in [0.5, 0.6) is 5.75 Å². The lowest BCUT2D eigenvalue weighted by Gasteiger charge is -2.31. The summed E-state index contributed by atoms with van der Waals surface area (Å²) in [6.07, 6.45) is 8.04. The van der Waals surface area contributed by atoms with Crippen molar-refractivity contribution in [3.8, 4) is 11.4 Å². The number of aliphatic imine (C=N–C) groups is 1. The van der Waals surface area contributed by atoms with Crippen LogP contribution in [0.3, 0.4) is 0 Å². The lowest BCUT2D eigenvalue weighted by atomic mass is 10.0. The number of phenolic OH excluding ortho intramolecular Hbond substituents is 1. The van der Waals surface area contributed by atoms with E-state index in [0.717, 1.165) is 38.3 Å². The van der Waals surface area contributed by atoms with Gasteiger partial charge in [0.2, 0.25) is 0 Å². The Balaban J connectivity index is 1.66. The zero-order valence-corrected chi connectivity index (χ0v) is 20.3. The van der Waals surface area contributed by atoms with Gasteiger partial charge in [-0.2, -0.15) is 0 Å². The van der Waals surface area contributed by atoms with E-state index in [1.54, 1.807) is 17.4 Å². The molecule has 3 heterocycles. The summed E-state index contributed by atoms with van der Waals surface area (Å²) in [6.45, 7) is 4.17. The Morgan fingerprint density at radius 2 is 1.60 bits per heavy atom. The van der Waals surface area contributed by atoms with Crippen LogP contribution in [-0.4, -0.2) is 15.5 Å². The molecule has 0 saturated heterocycles. The molecule has 4 aromatic rings. The second-order valence-electron chi connectivity index (χ2n) is 8.71. The molecule has 2 aliphatic rings. The molecular formula is C29H24N4OS. The molecule has 0 amide bonds. The van der Waals surface area contributed by atoms with Crippen molar-refractivity contribution in [2.75, 3.05) is 4.90 Å². The number of aromatic hydroxyl groups is 1. The molecule has 6 rings (SSSR count). The first-order valence-corrected chi connectivity index (χ1v) is 12.3. The number of aromatic nitrogens is 1. The number of allylic oxidation sites excluding steroid dienone is 2. The van der Waals surface area contributed by atoms with Gasteiger partial charge in [-0.05, 0) is 56.3 Å². The molecule has 35 heavy (non-hydrogen) atoms. The van der Waals surface area contributed by atoms with Gasteiger partial charge in [0, 0.05) is 17.5 Å². The highest BCUT2D eigenvalue weighted by Gasteiger charge is 2.34. The number of thiazole rings is 1. The van der Waals surface area contributed by atoms with Gasteiger partial charge in [0.1, 0.15) is 23.4 Å². The van der Waals surface area contributed by atoms with Gasteiger partial charge in [0.15, 0.2) is 4.80 Å². The Hall–Kier alpha value is -4.16. The third-order valence-corrected chi connectivity index (χ3v) is 7.27. The van der Waals surface area contributed by atoms with Gasteiger partial charge in [-0.25, -0.2) is 4.99 Å². The summed E-state index contributed by atoms with van der Waals surface area (Å²) in [5.41, 5.74) is 5.10. The van der Waals surface area contributed by atoms with E-state index < -0.39 is 0 Å². The summed E-state index contributed by atoms with van der Waals surface area (Å²) >= 11 is 1.61. The first kappa shape index (κ1) is 21.4. The SMILES string of the molecule is Cc1ccc(N=c2sc3c(n2-c2ccc(C)cc2)N2C=CC=CC2=NC3c2ccccc2O)cc1. The van der Waals surface area contributed by atoms with Gasteiger partial charge in [-0.15, -0.1) is 0 Å². The molecule has 0 bridgehead atoms. The lowest BCUT2D eigenvalue weighted by Crippen LogP contribution is -2.33. The first-order valence-electron chi connectivity index (χ1n) is 11.5. The number of benzene rings is 3. The van der Waals surface area contributed by atoms with Crippen LogP contribution in [0, 0.1) is 13.8 Å². The fourth-order valence-electron chi connectivity index (χ4n) is 4.36. The number of nitrogens with zero attached hydrogens (tertiary/aromatic N) is 4. The largest absolute Gasteiger partial charge is 0.508 e. The third kappa shape index (κ3) is 3.82. The fraction of sp³-hybridized carbons (Fsp3) is 0.103. The van der Waals surface area contributed by atoms with Crippen LogP contribution in [0.4, 0.5) is 11.5 Å². The van der Waals surface area contributed by atoms with Gasteiger partial charge in [-0.1, -0.05) is 71.0 Å². The highest BCUT2D eigenvalue weighted by atomic mass is 32.1. The summed E-state index contributed by atoms with van der Waals surface area (Å²) in [5.74, 6) is 2.06. The lowest BCUT2D eigenvalue weighted by molar-refractivity contribution is 0.465. The summed E-state index contributed by atoms with van der Waals surface area (Å²) < 4.78 is 2.20. The van der Waals surface area contributed by atoms with E-state index in [0.29, 0.717) is 0 Å². The molecule has 0 fully saturated rings. The topological polar surface area (TPSA) is 53.1 Å². The number of para-hydroxylation sites is 1. The summed E-state index contributed by atoms with van der Waals surface area (Å²) in [4.78, 5) is 14.1. The van der Waals surface area contributed by atoms with Gasteiger partial charge in [0.25, 0.3) is 0 Å². The number of aryl methyl sites for hydroxylation is 2. The van der Waals surface area contributed by atoms with Crippen molar-refractivity contribution >= 4 is 28.7 Å². The van der Waals surface area contributed by atoms with Crippen LogP contribution in [0.2, 0.25) is 0 Å². The zero-order valence-electron chi connectivity index (χ0n) is 19.5. The van der Waals surface area contributed by atoms with Gasteiger partial charge < -0.3 is 5.11 Å². The molecule has 1 unspecified atom stereocenters. The van der Waals surface area contributed by atoms with E-state index in [4.69, 9.17) is 9.98 Å². The molecule has 1 atom stereocenters. The highest BCUT2D eigenvalue weighted by Crippen LogP contribution is 2.44. The van der Waals surface area contributed by atoms with E-state index in [2.05, 4.69) is 59.7 Å². The zero-order chi connectivity index (χ0) is 23.9. The summed E-state index contributed by atoms with van der Waals surface area (Å²) in [5, 5.41) is 10.7. The minimum absolute atomic E-state index is 0.240. The molecule has 0 radical (unpaired) electrons. The quantitative estimate of drug-likeness (QED) is 0.368. The van der Waals surface area contributed by atoms with Crippen molar-refractivity contribution in [2.45, 2.75) is 19.9 Å². The number of hydrogen-bond acceptors (Lipinski definition) is 5. The molecule has 1 N–H and O–H groups in total. The fourth-order valence-corrected chi connectivity index (χ4v) is 5.57. The second-order valence-corrected chi connectivity index (χ2v) is 9.72. The maximum atomic E-state index is 10.7. The van der Waals surface area contributed by atoms with E-state index >= 15 is 0 Å². The van der Waals surface area contributed by atoms with E-state index in [1.807, 2.05) is 54.8 Å². The minimum Gasteiger partial charge on any atom is -0.508 e. The standard InChI is InChI=1S/C29H24N4OS/c1-19-10-14-21(15-11-19)30-29-33(22-16-12-20(2)13-17-22)28-27(35-29)26(23-7-3-4-8-24(23)34)31-25-9-5-6-18-32(25)28/h3-18,26,34H,1-2H3. The van der Waals surface area contributed by atoms with Crippen LogP contribution in [0.1, 0.15) is 27.6 Å². The van der Waals surface area contributed by atoms with E-state index in [1.165, 1.54) is 11.1 Å². The van der Waals surface area contributed by atoms with Crippen molar-refractivity contribution in [3.05, 3.63) is 124 Å². The van der Waals surface area contributed by atoms with Crippen LogP contribution >= 0.6 is 11.3 Å². The van der Waals surface area contributed by atoms with Crippen molar-refractivity contribution in [1.29, 1.82) is 0 Å². The maximum Gasteiger partial charge on any atom is 0.196 e. The van der Waals surface area contributed by atoms with Crippen molar-refractivity contribution < 1.29 is 5.11 Å². The molecule has 0 saturated carbocycles. The molecule has 2 aliphatic heterocycles. The summed E-state index contributed by atoms with van der Waals surface area (Å²) in [6, 6.07) is 23.8. The average Bonchev–Trinajstić information content (AvgIpc) is 3.25. The first-order chi connectivity index (χ1) is 17.1. The number of hydrogen-bond donors (Lipinski definition) is 1. The highest BCUT2D eigenvalue weighted by molar-refractivity contribution is 7.10. The van der Waals surface area contributed by atoms with Gasteiger partial charge in [0.05, 0.1) is 10.6 Å². The van der Waals surface area contributed by atoms with Crippen LogP contribution < -0.4 is 9.70 Å². The average molecular weight is 477 g/mol. The minimum atomic E-state index is -0.336. The number of anilines is 1. The number of rotatable bonds is 3. The predicted molar refractivity (Wildman–Crippen MR) is 143 cm³/mol. The van der Waals surface area contributed by atoms with Crippen LogP contribution in [-0.2, 0) is 0 Å². The monoisotopic (exact) mass is 476 g/mol. The molecule has 0 spiro atoms. The van der Waals surface area contributed by atoms with Gasteiger partial charge >= 0.3 is 0 Å². The Morgan fingerprint density at radius 3 is 2.34 bits per heavy atom. The molecule has 0 aliphatic carbocycles. The van der Waals surface area contributed by atoms with Gasteiger partial charge in [-0.3, -0.25) is 14.5 Å². The molecule has 6 heteroatoms. The number of amidine groups is 1. The predicted octanol–water partition coefficient (Wildman–Crippen LogP) is 6.49. The second kappa shape index (κ2) is 8.56. The number of fused-ring (bicyclic) bond motifs is 3. The van der Waals surface area contributed by atoms with Crippen molar-refractivity contribution in [3.63, 3.8) is 0 Å². The van der Waals surface area contributed by atoms with Crippen molar-refractivity contribution in [1.82, 2.24) is 4.57 Å². The summed E-state index contributed by atoms with van der Waals surface area (Å²) in [7, 11) is 0. The van der Waals surface area contributed by atoms with Crippen molar-refractivity contribution in [2.24, 2.45) is 9.98 Å². The molecule has 3 aromatic carbocycles. The molecule has 5 nitrogen and oxygen atoms in total. The third-order valence-electron chi connectivity index (χ3n) is 6.18. The smallest absolute Gasteiger partial charge is 0.196 e. The Morgan fingerprint density at radius 1 is 0.886 bits per heavy atom.